The van der Waals surface area contributed by atoms with Crippen LogP contribution in [0.3, 0.4) is 0 Å². The second-order valence-corrected chi connectivity index (χ2v) is 3.23. The van der Waals surface area contributed by atoms with Gasteiger partial charge in [0.1, 0.15) is 5.52 Å². The Labute approximate surface area is 90.5 Å². The fourth-order valence-electron chi connectivity index (χ4n) is 1.60. The zero-order valence-corrected chi connectivity index (χ0v) is 8.27. The molecule has 1 N–H and O–H groups in total. The molecule has 2 rings (SSSR count). The van der Waals surface area contributed by atoms with E-state index >= 15 is 0 Å². The van der Waals surface area contributed by atoms with Gasteiger partial charge in [-0.25, -0.2) is 0 Å². The van der Waals surface area contributed by atoms with Crippen LogP contribution in [-0.2, 0) is 0 Å². The highest BCUT2D eigenvalue weighted by Gasteiger charge is 2.16. The molecule has 1 aromatic heterocycles. The molecule has 0 fully saturated rings. The Morgan fingerprint density at radius 1 is 1.50 bits per heavy atom. The third-order valence-electron chi connectivity index (χ3n) is 2.34. The highest BCUT2D eigenvalue weighted by molar-refractivity contribution is 6.14. The largest absolute Gasteiger partial charge is 0.355 e. The van der Waals surface area contributed by atoms with Gasteiger partial charge in [0.25, 0.3) is 5.69 Å². The molecular formula is C11H8N2O3. The minimum atomic E-state index is -0.485. The van der Waals surface area contributed by atoms with Gasteiger partial charge in [-0.2, -0.15) is 0 Å². The average Bonchev–Trinajstić information content (AvgIpc) is 2.71. The maximum absolute atomic E-state index is 11.5. The number of nitrogens with zero attached hydrogens (tertiary/aromatic N) is 1. The Kier molecular flexibility index (Phi) is 2.28. The van der Waals surface area contributed by atoms with E-state index in [1.807, 2.05) is 0 Å². The van der Waals surface area contributed by atoms with Gasteiger partial charge < -0.3 is 4.98 Å². The van der Waals surface area contributed by atoms with E-state index in [0.29, 0.717) is 16.5 Å². The molecule has 0 saturated carbocycles. The number of hydrogen-bond donors (Lipinski definition) is 1. The zero-order valence-electron chi connectivity index (χ0n) is 8.27. The van der Waals surface area contributed by atoms with Gasteiger partial charge in [0.2, 0.25) is 0 Å². The summed E-state index contributed by atoms with van der Waals surface area (Å²) >= 11 is 0. The summed E-state index contributed by atoms with van der Waals surface area (Å²) in [6.07, 6.45) is 2.64. The monoisotopic (exact) mass is 216 g/mol. The van der Waals surface area contributed by atoms with Crippen LogP contribution in [0.1, 0.15) is 10.4 Å². The van der Waals surface area contributed by atoms with Crippen molar-refractivity contribution in [3.05, 3.63) is 52.7 Å². The summed E-state index contributed by atoms with van der Waals surface area (Å²) < 4.78 is 0. The minimum Gasteiger partial charge on any atom is -0.355 e. The van der Waals surface area contributed by atoms with E-state index in [0.717, 1.165) is 0 Å². The Morgan fingerprint density at radius 2 is 2.25 bits per heavy atom. The number of nitro groups is 1. The number of carbonyl (C=O) groups excluding carboxylic acids is 1. The molecule has 0 radical (unpaired) electrons. The molecule has 1 aromatic carbocycles. The highest BCUT2D eigenvalue weighted by Crippen LogP contribution is 2.27. The van der Waals surface area contributed by atoms with Crippen LogP contribution < -0.4 is 0 Å². The number of aromatic amines is 1. The van der Waals surface area contributed by atoms with Crippen molar-refractivity contribution in [3.8, 4) is 0 Å². The van der Waals surface area contributed by atoms with Crippen LogP contribution >= 0.6 is 0 Å². The van der Waals surface area contributed by atoms with Crippen LogP contribution in [0.4, 0.5) is 5.69 Å². The highest BCUT2D eigenvalue weighted by atomic mass is 16.6. The van der Waals surface area contributed by atoms with Gasteiger partial charge >= 0.3 is 0 Å². The molecule has 5 heteroatoms. The van der Waals surface area contributed by atoms with Crippen molar-refractivity contribution < 1.29 is 9.72 Å². The van der Waals surface area contributed by atoms with Crippen molar-refractivity contribution in [1.82, 2.24) is 4.98 Å². The lowest BCUT2D eigenvalue weighted by Gasteiger charge is -1.94. The second kappa shape index (κ2) is 3.62. The Balaban J connectivity index is 2.75. The van der Waals surface area contributed by atoms with Gasteiger partial charge in [0, 0.05) is 23.2 Å². The molecule has 5 nitrogen and oxygen atoms in total. The van der Waals surface area contributed by atoms with Crippen LogP contribution in [-0.4, -0.2) is 15.7 Å². The van der Waals surface area contributed by atoms with Crippen molar-refractivity contribution in [1.29, 1.82) is 0 Å². The summed E-state index contributed by atoms with van der Waals surface area (Å²) in [5.74, 6) is -0.258. The predicted octanol–water partition coefficient (Wildman–Crippen LogP) is 2.44. The van der Waals surface area contributed by atoms with E-state index in [1.165, 1.54) is 18.3 Å². The van der Waals surface area contributed by atoms with E-state index in [9.17, 15) is 14.9 Å². The summed E-state index contributed by atoms with van der Waals surface area (Å²) in [5.41, 5.74) is 0.715. The number of H-pyrrole nitrogens is 1. The SMILES string of the molecule is C=CC(=O)c1c[nH]c2c([N+](=O)[O-])cccc12. The Bertz CT molecular complexity index is 598. The lowest BCUT2D eigenvalue weighted by atomic mass is 10.1. The van der Waals surface area contributed by atoms with Crippen LogP contribution in [0.25, 0.3) is 10.9 Å². The third kappa shape index (κ3) is 1.38. The van der Waals surface area contributed by atoms with E-state index in [4.69, 9.17) is 0 Å². The van der Waals surface area contributed by atoms with Crippen molar-refractivity contribution in [2.75, 3.05) is 0 Å². The molecule has 0 atom stereocenters. The number of nitro benzene ring substituents is 1. The summed E-state index contributed by atoms with van der Waals surface area (Å²) in [4.78, 5) is 24.5. The first kappa shape index (κ1) is 10.1. The lowest BCUT2D eigenvalue weighted by molar-refractivity contribution is -0.383. The first-order valence-corrected chi connectivity index (χ1v) is 4.56. The standard InChI is InChI=1S/C11H8N2O3/c1-2-10(14)8-6-12-11-7(8)4-3-5-9(11)13(15)16/h2-6,12H,1H2. The van der Waals surface area contributed by atoms with Gasteiger partial charge in [0.05, 0.1) is 4.92 Å². The molecule has 0 amide bonds. The van der Waals surface area contributed by atoms with E-state index in [1.54, 1.807) is 12.1 Å². The Hall–Kier alpha value is -2.43. The van der Waals surface area contributed by atoms with Gasteiger partial charge in [-0.05, 0) is 6.08 Å². The molecule has 0 unspecified atom stereocenters. The third-order valence-corrected chi connectivity index (χ3v) is 2.34. The van der Waals surface area contributed by atoms with E-state index < -0.39 is 4.92 Å². The molecule has 0 aliphatic heterocycles. The summed E-state index contributed by atoms with van der Waals surface area (Å²) in [5, 5.41) is 11.3. The number of allylic oxidation sites excluding steroid dienone is 1. The molecular weight excluding hydrogens is 208 g/mol. The number of ketones is 1. The number of non-ortho nitro benzene ring substituents is 1. The minimum absolute atomic E-state index is 0.0411. The van der Waals surface area contributed by atoms with Gasteiger partial charge in [0.15, 0.2) is 5.78 Å². The molecule has 0 bridgehead atoms. The van der Waals surface area contributed by atoms with E-state index in [-0.39, 0.29) is 11.5 Å². The number of aromatic nitrogens is 1. The molecule has 0 aliphatic carbocycles. The first-order valence-electron chi connectivity index (χ1n) is 4.56. The fourth-order valence-corrected chi connectivity index (χ4v) is 1.60. The lowest BCUT2D eigenvalue weighted by Crippen LogP contribution is -1.92. The number of rotatable bonds is 3. The first-order chi connectivity index (χ1) is 7.65. The molecule has 0 spiro atoms. The van der Waals surface area contributed by atoms with Crippen LogP contribution in [0, 0.1) is 10.1 Å². The number of nitrogens with one attached hydrogen (secondary N) is 1. The molecule has 0 aliphatic rings. The summed E-state index contributed by atoms with van der Waals surface area (Å²) in [7, 11) is 0. The van der Waals surface area contributed by atoms with E-state index in [2.05, 4.69) is 11.6 Å². The zero-order chi connectivity index (χ0) is 11.7. The number of carbonyl (C=O) groups is 1. The summed E-state index contributed by atoms with van der Waals surface area (Å²) in [6, 6.07) is 4.60. The normalized spacial score (nSPS) is 10.2. The predicted molar refractivity (Wildman–Crippen MR) is 59.5 cm³/mol. The quantitative estimate of drug-likeness (QED) is 0.370. The second-order valence-electron chi connectivity index (χ2n) is 3.23. The van der Waals surface area contributed by atoms with Crippen LogP contribution in [0.5, 0.6) is 0 Å². The van der Waals surface area contributed by atoms with Crippen LogP contribution in [0.2, 0.25) is 0 Å². The topological polar surface area (TPSA) is 76.0 Å². The molecule has 1 heterocycles. The van der Waals surface area contributed by atoms with Gasteiger partial charge in [-0.1, -0.05) is 18.7 Å². The fraction of sp³-hybridized carbons (Fsp3) is 0. The number of hydrogen-bond acceptors (Lipinski definition) is 3. The molecule has 16 heavy (non-hydrogen) atoms. The van der Waals surface area contributed by atoms with Crippen molar-refractivity contribution in [2.24, 2.45) is 0 Å². The van der Waals surface area contributed by atoms with Gasteiger partial charge in [-0.15, -0.1) is 0 Å². The smallest absolute Gasteiger partial charge is 0.293 e. The molecule has 80 valence electrons. The summed E-state index contributed by atoms with van der Waals surface area (Å²) in [6.45, 7) is 3.38. The average molecular weight is 216 g/mol. The maximum Gasteiger partial charge on any atom is 0.293 e. The van der Waals surface area contributed by atoms with Crippen LogP contribution in [0.15, 0.2) is 37.1 Å². The van der Waals surface area contributed by atoms with Crippen molar-refractivity contribution in [2.45, 2.75) is 0 Å². The maximum atomic E-state index is 11.5. The number of fused-ring (bicyclic) bond motifs is 1. The number of para-hydroxylation sites is 1. The van der Waals surface area contributed by atoms with Crippen molar-refractivity contribution >= 4 is 22.4 Å². The Morgan fingerprint density at radius 3 is 2.88 bits per heavy atom. The van der Waals surface area contributed by atoms with Gasteiger partial charge in [-0.3, -0.25) is 14.9 Å². The molecule has 2 aromatic rings. The number of benzene rings is 1. The van der Waals surface area contributed by atoms with Crippen molar-refractivity contribution in [3.63, 3.8) is 0 Å². The molecule has 0 saturated heterocycles.